The molecule has 1 amide bonds. The van der Waals surface area contributed by atoms with E-state index in [2.05, 4.69) is 55.3 Å². The van der Waals surface area contributed by atoms with Crippen LogP contribution in [0.5, 0.6) is 0 Å². The van der Waals surface area contributed by atoms with Crippen LogP contribution in [0, 0.1) is 6.92 Å². The highest BCUT2D eigenvalue weighted by Gasteiger charge is 2.13. The topological polar surface area (TPSA) is 42.0 Å². The molecule has 1 aromatic carbocycles. The van der Waals surface area contributed by atoms with Crippen molar-refractivity contribution in [2.24, 2.45) is 0 Å². The number of rotatable bonds is 4. The number of thiazole rings is 1. The summed E-state index contributed by atoms with van der Waals surface area (Å²) in [5.74, 6) is 0.377. The van der Waals surface area contributed by atoms with E-state index >= 15 is 0 Å². The lowest BCUT2D eigenvalue weighted by molar-refractivity contribution is -0.113. The molecule has 0 aliphatic rings. The highest BCUT2D eigenvalue weighted by Crippen LogP contribution is 2.25. The lowest BCUT2D eigenvalue weighted by Gasteiger charge is -2.19. The molecule has 2 aromatic rings. The molecule has 0 saturated carbocycles. The number of benzene rings is 1. The quantitative estimate of drug-likeness (QED) is 0.845. The standard InChI is InChI=1S/C16H20N2OS2/c1-11-9-21-15(17-11)18-14(19)10-20-13-7-5-12(6-8-13)16(2,3)4/h5-9H,10H2,1-4H3,(H,17,18,19). The molecule has 1 heterocycles. The lowest BCUT2D eigenvalue weighted by atomic mass is 9.87. The van der Waals surface area contributed by atoms with E-state index in [-0.39, 0.29) is 11.3 Å². The average Bonchev–Trinajstić information content (AvgIpc) is 2.81. The molecule has 112 valence electrons. The van der Waals surface area contributed by atoms with Crippen molar-refractivity contribution < 1.29 is 4.79 Å². The maximum Gasteiger partial charge on any atom is 0.236 e. The summed E-state index contributed by atoms with van der Waals surface area (Å²) < 4.78 is 0. The average molecular weight is 320 g/mol. The number of hydrogen-bond donors (Lipinski definition) is 1. The number of thioether (sulfide) groups is 1. The van der Waals surface area contributed by atoms with E-state index in [4.69, 9.17) is 0 Å². The molecule has 1 N–H and O–H groups in total. The molecule has 2 rings (SSSR count). The first-order valence-electron chi connectivity index (χ1n) is 6.80. The fraction of sp³-hybridized carbons (Fsp3) is 0.375. The van der Waals surface area contributed by atoms with Crippen molar-refractivity contribution in [2.45, 2.75) is 38.0 Å². The van der Waals surface area contributed by atoms with Crippen molar-refractivity contribution in [2.75, 3.05) is 11.1 Å². The molecular weight excluding hydrogens is 300 g/mol. The SMILES string of the molecule is Cc1csc(NC(=O)CSc2ccc(C(C)(C)C)cc2)n1. The Morgan fingerprint density at radius 2 is 1.95 bits per heavy atom. The Balaban J connectivity index is 1.86. The molecule has 0 fully saturated rings. The number of aryl methyl sites for hydroxylation is 1. The molecule has 0 unspecified atom stereocenters. The van der Waals surface area contributed by atoms with Crippen LogP contribution in [-0.2, 0) is 10.2 Å². The minimum absolute atomic E-state index is 0.0192. The molecule has 21 heavy (non-hydrogen) atoms. The summed E-state index contributed by atoms with van der Waals surface area (Å²) in [7, 11) is 0. The Labute approximate surface area is 134 Å². The van der Waals surface area contributed by atoms with E-state index in [9.17, 15) is 4.79 Å². The zero-order valence-corrected chi connectivity index (χ0v) is 14.4. The lowest BCUT2D eigenvalue weighted by Crippen LogP contribution is -2.14. The van der Waals surface area contributed by atoms with E-state index in [1.165, 1.54) is 28.7 Å². The van der Waals surface area contributed by atoms with Crippen LogP contribution < -0.4 is 5.32 Å². The van der Waals surface area contributed by atoms with Gasteiger partial charge in [-0.05, 0) is 30.0 Å². The molecule has 3 nitrogen and oxygen atoms in total. The summed E-state index contributed by atoms with van der Waals surface area (Å²) in [6.07, 6.45) is 0. The van der Waals surface area contributed by atoms with Crippen molar-refractivity contribution in [1.29, 1.82) is 0 Å². The van der Waals surface area contributed by atoms with Gasteiger partial charge in [0.25, 0.3) is 0 Å². The van der Waals surface area contributed by atoms with Gasteiger partial charge in [-0.3, -0.25) is 4.79 Å². The van der Waals surface area contributed by atoms with E-state index in [0.29, 0.717) is 10.9 Å². The number of anilines is 1. The predicted octanol–water partition coefficient (Wildman–Crippen LogP) is 4.48. The third-order valence-corrected chi connectivity index (χ3v) is 4.84. The predicted molar refractivity (Wildman–Crippen MR) is 91.3 cm³/mol. The minimum atomic E-state index is -0.0192. The summed E-state index contributed by atoms with van der Waals surface area (Å²) in [4.78, 5) is 17.2. The van der Waals surface area contributed by atoms with Gasteiger partial charge in [-0.2, -0.15) is 0 Å². The normalized spacial score (nSPS) is 11.4. The number of hydrogen-bond acceptors (Lipinski definition) is 4. The van der Waals surface area contributed by atoms with E-state index in [0.717, 1.165) is 10.6 Å². The van der Waals surface area contributed by atoms with Gasteiger partial charge in [0.05, 0.1) is 11.4 Å². The van der Waals surface area contributed by atoms with Crippen LogP contribution >= 0.6 is 23.1 Å². The third-order valence-electron chi connectivity index (χ3n) is 2.96. The number of nitrogens with one attached hydrogen (secondary N) is 1. The van der Waals surface area contributed by atoms with Crippen molar-refractivity contribution in [3.63, 3.8) is 0 Å². The number of carbonyl (C=O) groups excluding carboxylic acids is 1. The van der Waals surface area contributed by atoms with Crippen LogP contribution in [0.2, 0.25) is 0 Å². The van der Waals surface area contributed by atoms with Gasteiger partial charge in [-0.1, -0.05) is 32.9 Å². The summed E-state index contributed by atoms with van der Waals surface area (Å²) in [6, 6.07) is 8.41. The van der Waals surface area contributed by atoms with Gasteiger partial charge in [-0.25, -0.2) is 4.98 Å². The zero-order valence-electron chi connectivity index (χ0n) is 12.8. The number of nitrogens with zero attached hydrogens (tertiary/aromatic N) is 1. The van der Waals surface area contributed by atoms with Crippen LogP contribution in [0.3, 0.4) is 0 Å². The highest BCUT2D eigenvalue weighted by atomic mass is 32.2. The zero-order chi connectivity index (χ0) is 15.5. The Kier molecular flexibility index (Phi) is 5.06. The summed E-state index contributed by atoms with van der Waals surface area (Å²) >= 11 is 2.99. The van der Waals surface area contributed by atoms with Crippen LogP contribution in [-0.4, -0.2) is 16.6 Å². The summed E-state index contributed by atoms with van der Waals surface area (Å²) in [5, 5.41) is 5.41. The first kappa shape index (κ1) is 16.0. The molecule has 1 aromatic heterocycles. The smallest absolute Gasteiger partial charge is 0.236 e. The van der Waals surface area contributed by atoms with Crippen molar-refractivity contribution in [3.8, 4) is 0 Å². The highest BCUT2D eigenvalue weighted by molar-refractivity contribution is 8.00. The molecule has 0 aliphatic heterocycles. The van der Waals surface area contributed by atoms with Crippen LogP contribution in [0.4, 0.5) is 5.13 Å². The van der Waals surface area contributed by atoms with Crippen molar-refractivity contribution >= 4 is 34.1 Å². The molecule has 5 heteroatoms. The van der Waals surface area contributed by atoms with E-state index < -0.39 is 0 Å². The fourth-order valence-corrected chi connectivity index (χ4v) is 3.17. The van der Waals surface area contributed by atoms with Gasteiger partial charge in [0, 0.05) is 10.3 Å². The molecule has 0 spiro atoms. The first-order valence-corrected chi connectivity index (χ1v) is 8.66. The van der Waals surface area contributed by atoms with Gasteiger partial charge >= 0.3 is 0 Å². The second-order valence-electron chi connectivity index (χ2n) is 5.91. The van der Waals surface area contributed by atoms with Gasteiger partial charge in [-0.15, -0.1) is 23.1 Å². The summed E-state index contributed by atoms with van der Waals surface area (Å²) in [6.45, 7) is 8.49. The van der Waals surface area contributed by atoms with Gasteiger partial charge in [0.2, 0.25) is 5.91 Å². The second-order valence-corrected chi connectivity index (χ2v) is 7.81. The Hall–Kier alpha value is -1.33. The van der Waals surface area contributed by atoms with Crippen LogP contribution in [0.1, 0.15) is 32.0 Å². The first-order chi connectivity index (χ1) is 9.84. The molecule has 0 saturated heterocycles. The fourth-order valence-electron chi connectivity index (χ4n) is 1.77. The molecule has 0 atom stereocenters. The second kappa shape index (κ2) is 6.62. The van der Waals surface area contributed by atoms with Gasteiger partial charge < -0.3 is 5.32 Å². The van der Waals surface area contributed by atoms with Crippen LogP contribution in [0.25, 0.3) is 0 Å². The largest absolute Gasteiger partial charge is 0.301 e. The Bertz CT molecular complexity index is 612. The number of aromatic nitrogens is 1. The van der Waals surface area contributed by atoms with Crippen molar-refractivity contribution in [3.05, 3.63) is 40.9 Å². The molecule has 0 bridgehead atoms. The van der Waals surface area contributed by atoms with Crippen molar-refractivity contribution in [1.82, 2.24) is 4.98 Å². The maximum absolute atomic E-state index is 11.9. The van der Waals surface area contributed by atoms with Gasteiger partial charge in [0.1, 0.15) is 0 Å². The Morgan fingerprint density at radius 3 is 2.48 bits per heavy atom. The maximum atomic E-state index is 11.9. The van der Waals surface area contributed by atoms with E-state index in [1.54, 1.807) is 0 Å². The molecule has 0 aliphatic carbocycles. The Morgan fingerprint density at radius 1 is 1.29 bits per heavy atom. The molecule has 0 radical (unpaired) electrons. The monoisotopic (exact) mass is 320 g/mol. The number of carbonyl (C=O) groups is 1. The third kappa shape index (κ3) is 4.86. The van der Waals surface area contributed by atoms with Gasteiger partial charge in [0.15, 0.2) is 5.13 Å². The minimum Gasteiger partial charge on any atom is -0.301 e. The van der Waals surface area contributed by atoms with Crippen LogP contribution in [0.15, 0.2) is 34.5 Å². The summed E-state index contributed by atoms with van der Waals surface area (Å²) in [5.41, 5.74) is 2.39. The molecular formula is C16H20N2OS2. The van der Waals surface area contributed by atoms with E-state index in [1.807, 2.05) is 12.3 Å². The number of amides is 1.